The van der Waals surface area contributed by atoms with Crippen molar-refractivity contribution in [2.75, 3.05) is 6.54 Å². The summed E-state index contributed by atoms with van der Waals surface area (Å²) in [5.74, 6) is 0.104. The molecular weight excluding hydrogens is 264 g/mol. The summed E-state index contributed by atoms with van der Waals surface area (Å²) in [6.45, 7) is 2.43. The average molecular weight is 286 g/mol. The number of benzene rings is 1. The van der Waals surface area contributed by atoms with E-state index in [4.69, 9.17) is 0 Å². The van der Waals surface area contributed by atoms with Crippen molar-refractivity contribution in [1.29, 1.82) is 0 Å². The lowest BCUT2D eigenvalue weighted by Gasteiger charge is -2.43. The Morgan fingerprint density at radius 1 is 1.19 bits per heavy atom. The van der Waals surface area contributed by atoms with Gasteiger partial charge in [0.25, 0.3) is 0 Å². The lowest BCUT2D eigenvalue weighted by molar-refractivity contribution is -0.154. The molecule has 1 aliphatic carbocycles. The van der Waals surface area contributed by atoms with Crippen LogP contribution in [0.2, 0.25) is 0 Å². The van der Waals surface area contributed by atoms with Crippen molar-refractivity contribution in [3.8, 4) is 0 Å². The minimum Gasteiger partial charge on any atom is -0.340 e. The third kappa shape index (κ3) is 2.55. The lowest BCUT2D eigenvalue weighted by atomic mass is 9.91. The molecular formula is C17H22N2O2. The van der Waals surface area contributed by atoms with E-state index < -0.39 is 5.54 Å². The van der Waals surface area contributed by atoms with Gasteiger partial charge < -0.3 is 10.2 Å². The zero-order chi connectivity index (χ0) is 14.9. The van der Waals surface area contributed by atoms with Gasteiger partial charge in [0.1, 0.15) is 11.6 Å². The topological polar surface area (TPSA) is 49.4 Å². The Labute approximate surface area is 125 Å². The second kappa shape index (κ2) is 5.51. The molecule has 1 unspecified atom stereocenters. The molecule has 1 heterocycles. The molecule has 0 bridgehead atoms. The lowest BCUT2D eigenvalue weighted by Crippen LogP contribution is -2.68. The van der Waals surface area contributed by atoms with Crippen LogP contribution in [0, 0.1) is 0 Å². The number of nitrogens with zero attached hydrogens (tertiary/aromatic N) is 1. The second-order valence-corrected chi connectivity index (χ2v) is 6.19. The van der Waals surface area contributed by atoms with Crippen LogP contribution >= 0.6 is 0 Å². The van der Waals surface area contributed by atoms with Crippen molar-refractivity contribution in [2.24, 2.45) is 0 Å². The first-order valence-corrected chi connectivity index (χ1v) is 7.79. The largest absolute Gasteiger partial charge is 0.340 e. The van der Waals surface area contributed by atoms with Crippen molar-refractivity contribution < 1.29 is 9.59 Å². The quantitative estimate of drug-likeness (QED) is 0.922. The van der Waals surface area contributed by atoms with E-state index in [1.165, 1.54) is 5.56 Å². The molecule has 2 aliphatic rings. The van der Waals surface area contributed by atoms with Crippen molar-refractivity contribution in [3.63, 3.8) is 0 Å². The molecule has 21 heavy (non-hydrogen) atoms. The van der Waals surface area contributed by atoms with E-state index in [2.05, 4.69) is 17.4 Å². The van der Waals surface area contributed by atoms with Gasteiger partial charge in [0.05, 0.1) is 0 Å². The Bertz CT molecular complexity index is 535. The van der Waals surface area contributed by atoms with Crippen LogP contribution in [-0.4, -0.2) is 34.8 Å². The smallest absolute Gasteiger partial charge is 0.249 e. The number of hydrogen-bond acceptors (Lipinski definition) is 2. The summed E-state index contributed by atoms with van der Waals surface area (Å²) in [5, 5.41) is 2.99. The van der Waals surface area contributed by atoms with Crippen molar-refractivity contribution >= 4 is 11.8 Å². The van der Waals surface area contributed by atoms with Crippen LogP contribution in [0.3, 0.4) is 0 Å². The number of amides is 2. The summed E-state index contributed by atoms with van der Waals surface area (Å²) in [7, 11) is 0. The highest BCUT2D eigenvalue weighted by molar-refractivity contribution is 5.99. The van der Waals surface area contributed by atoms with E-state index in [9.17, 15) is 9.59 Å². The van der Waals surface area contributed by atoms with Crippen molar-refractivity contribution in [2.45, 2.75) is 50.6 Å². The maximum Gasteiger partial charge on any atom is 0.249 e. The van der Waals surface area contributed by atoms with E-state index >= 15 is 0 Å². The number of nitrogens with one attached hydrogen (secondary N) is 1. The summed E-state index contributed by atoms with van der Waals surface area (Å²) in [4.78, 5) is 26.8. The fraction of sp³-hybridized carbons (Fsp3) is 0.529. The number of rotatable bonds is 3. The molecule has 1 saturated heterocycles. The fourth-order valence-electron chi connectivity index (χ4n) is 3.49. The van der Waals surface area contributed by atoms with Gasteiger partial charge in [-0.3, -0.25) is 9.59 Å². The molecule has 4 heteroatoms. The molecule has 1 aliphatic heterocycles. The van der Waals surface area contributed by atoms with Gasteiger partial charge in [-0.15, -0.1) is 0 Å². The third-order valence-corrected chi connectivity index (χ3v) is 4.82. The highest BCUT2D eigenvalue weighted by atomic mass is 16.2. The normalized spacial score (nSPS) is 24.4. The van der Waals surface area contributed by atoms with Gasteiger partial charge in [-0.2, -0.15) is 0 Å². The van der Waals surface area contributed by atoms with E-state index in [0.717, 1.165) is 32.1 Å². The summed E-state index contributed by atoms with van der Waals surface area (Å²) >= 11 is 0. The maximum absolute atomic E-state index is 12.8. The average Bonchev–Trinajstić information content (AvgIpc) is 2.96. The molecule has 0 radical (unpaired) electrons. The SMILES string of the molecule is CC1C(=O)NC2(CCCC2)C(=O)N1CCc1ccccc1. The second-order valence-electron chi connectivity index (χ2n) is 6.19. The molecule has 4 nitrogen and oxygen atoms in total. The third-order valence-electron chi connectivity index (χ3n) is 4.82. The summed E-state index contributed by atoms with van der Waals surface area (Å²) in [6, 6.07) is 9.74. The molecule has 1 spiro atoms. The Morgan fingerprint density at radius 3 is 2.52 bits per heavy atom. The molecule has 3 rings (SSSR count). The molecule has 1 aromatic carbocycles. The van der Waals surface area contributed by atoms with E-state index in [1.807, 2.05) is 25.1 Å². The molecule has 1 aromatic rings. The summed E-state index contributed by atoms with van der Waals surface area (Å²) in [6.07, 6.45) is 4.40. The molecule has 1 atom stereocenters. The molecule has 0 aromatic heterocycles. The zero-order valence-electron chi connectivity index (χ0n) is 12.5. The fourth-order valence-corrected chi connectivity index (χ4v) is 3.49. The van der Waals surface area contributed by atoms with E-state index in [1.54, 1.807) is 4.90 Å². The summed E-state index contributed by atoms with van der Waals surface area (Å²) < 4.78 is 0. The first kappa shape index (κ1) is 14.1. The summed E-state index contributed by atoms with van der Waals surface area (Å²) in [5.41, 5.74) is 0.587. The van der Waals surface area contributed by atoms with Gasteiger partial charge in [0.2, 0.25) is 11.8 Å². The van der Waals surface area contributed by atoms with Gasteiger partial charge >= 0.3 is 0 Å². The predicted octanol–water partition coefficient (Wildman–Crippen LogP) is 1.89. The monoisotopic (exact) mass is 286 g/mol. The van der Waals surface area contributed by atoms with Crippen LogP contribution in [0.1, 0.15) is 38.2 Å². The van der Waals surface area contributed by atoms with Crippen LogP contribution in [0.5, 0.6) is 0 Å². The van der Waals surface area contributed by atoms with Gasteiger partial charge in [0, 0.05) is 6.54 Å². The van der Waals surface area contributed by atoms with Gasteiger partial charge in [0.15, 0.2) is 0 Å². The molecule has 112 valence electrons. The van der Waals surface area contributed by atoms with Gasteiger partial charge in [-0.05, 0) is 31.7 Å². The minimum atomic E-state index is -0.611. The Balaban J connectivity index is 1.75. The van der Waals surface area contributed by atoms with Crippen LogP contribution in [0.15, 0.2) is 30.3 Å². The van der Waals surface area contributed by atoms with Crippen LogP contribution in [0.4, 0.5) is 0 Å². The van der Waals surface area contributed by atoms with Crippen LogP contribution in [0.25, 0.3) is 0 Å². The molecule has 1 N–H and O–H groups in total. The highest BCUT2D eigenvalue weighted by Gasteiger charge is 2.50. The van der Waals surface area contributed by atoms with Gasteiger partial charge in [-0.25, -0.2) is 0 Å². The first-order chi connectivity index (χ1) is 10.1. The minimum absolute atomic E-state index is 0.00967. The highest BCUT2D eigenvalue weighted by Crippen LogP contribution is 2.34. The first-order valence-electron chi connectivity index (χ1n) is 7.79. The van der Waals surface area contributed by atoms with E-state index in [-0.39, 0.29) is 17.9 Å². The standard InChI is InChI=1S/C17H22N2O2/c1-13-15(20)18-17(10-5-6-11-17)16(21)19(13)12-9-14-7-3-2-4-8-14/h2-4,7-8,13H,5-6,9-12H2,1H3,(H,18,20). The Hall–Kier alpha value is -1.84. The van der Waals surface area contributed by atoms with Crippen molar-refractivity contribution in [3.05, 3.63) is 35.9 Å². The van der Waals surface area contributed by atoms with Crippen LogP contribution < -0.4 is 5.32 Å². The van der Waals surface area contributed by atoms with Crippen molar-refractivity contribution in [1.82, 2.24) is 10.2 Å². The number of piperazine rings is 1. The number of carbonyl (C=O) groups excluding carboxylic acids is 2. The molecule has 1 saturated carbocycles. The molecule has 2 fully saturated rings. The Morgan fingerprint density at radius 2 is 1.86 bits per heavy atom. The van der Waals surface area contributed by atoms with Crippen LogP contribution in [-0.2, 0) is 16.0 Å². The number of carbonyl (C=O) groups is 2. The number of hydrogen-bond donors (Lipinski definition) is 1. The molecule has 2 amide bonds. The maximum atomic E-state index is 12.8. The Kier molecular flexibility index (Phi) is 3.70. The van der Waals surface area contributed by atoms with Gasteiger partial charge in [-0.1, -0.05) is 43.2 Å². The van der Waals surface area contributed by atoms with E-state index in [0.29, 0.717) is 6.54 Å². The zero-order valence-corrected chi connectivity index (χ0v) is 12.5. The predicted molar refractivity (Wildman–Crippen MR) is 80.7 cm³/mol.